The highest BCUT2D eigenvalue weighted by Gasteiger charge is 2.24. The van der Waals surface area contributed by atoms with Crippen LogP contribution in [0.1, 0.15) is 26.7 Å². The third kappa shape index (κ3) is 3.22. The van der Waals surface area contributed by atoms with Gasteiger partial charge in [0, 0.05) is 4.47 Å². The zero-order valence-corrected chi connectivity index (χ0v) is 10.2. The van der Waals surface area contributed by atoms with Crippen LogP contribution in [-0.4, -0.2) is 6.10 Å². The largest absolute Gasteiger partial charge is 0.488 e. The van der Waals surface area contributed by atoms with Crippen molar-refractivity contribution in [2.45, 2.75) is 32.8 Å². The summed E-state index contributed by atoms with van der Waals surface area (Å²) >= 11 is 3.37. The molecule has 2 rings (SSSR count). The van der Waals surface area contributed by atoms with Crippen molar-refractivity contribution in [3.8, 4) is 5.75 Å². The van der Waals surface area contributed by atoms with Crippen LogP contribution in [0.3, 0.4) is 0 Å². The molecule has 1 aromatic rings. The lowest BCUT2D eigenvalue weighted by Gasteiger charge is -2.07. The first-order valence-electron chi connectivity index (χ1n) is 4.97. The third-order valence-corrected chi connectivity index (χ3v) is 2.29. The SMILES string of the molecule is CC.Nc1ccc(Br)cc1OC1CC1. The van der Waals surface area contributed by atoms with Crippen molar-refractivity contribution in [3.63, 3.8) is 0 Å². The average Bonchev–Trinajstić information content (AvgIpc) is 2.99. The molecule has 0 radical (unpaired) electrons. The Bertz CT molecular complexity index is 297. The number of ether oxygens (including phenoxy) is 1. The number of halogens is 1. The molecule has 0 aromatic heterocycles. The molecule has 3 heteroatoms. The van der Waals surface area contributed by atoms with Crippen LogP contribution in [0.25, 0.3) is 0 Å². The maximum Gasteiger partial charge on any atom is 0.143 e. The van der Waals surface area contributed by atoms with Gasteiger partial charge in [-0.2, -0.15) is 0 Å². The fourth-order valence-corrected chi connectivity index (χ4v) is 1.32. The summed E-state index contributed by atoms with van der Waals surface area (Å²) in [5.74, 6) is 0.798. The van der Waals surface area contributed by atoms with Crippen molar-refractivity contribution >= 4 is 21.6 Å². The van der Waals surface area contributed by atoms with Gasteiger partial charge in [0.2, 0.25) is 0 Å². The molecule has 1 aliphatic rings. The molecule has 0 amide bonds. The van der Waals surface area contributed by atoms with Gasteiger partial charge in [0.05, 0.1) is 11.8 Å². The second-order valence-electron chi connectivity index (χ2n) is 3.00. The number of anilines is 1. The summed E-state index contributed by atoms with van der Waals surface area (Å²) in [6.45, 7) is 4.00. The van der Waals surface area contributed by atoms with Gasteiger partial charge in [-0.1, -0.05) is 29.8 Å². The van der Waals surface area contributed by atoms with E-state index in [0.29, 0.717) is 11.8 Å². The molecule has 0 saturated heterocycles. The summed E-state index contributed by atoms with van der Waals surface area (Å²) in [6, 6.07) is 5.67. The molecule has 1 saturated carbocycles. The number of nitrogen functional groups attached to an aromatic ring is 1. The molecular weight excluding hydrogens is 242 g/mol. The van der Waals surface area contributed by atoms with E-state index in [4.69, 9.17) is 10.5 Å². The van der Waals surface area contributed by atoms with Crippen molar-refractivity contribution in [2.24, 2.45) is 0 Å². The molecule has 1 fully saturated rings. The van der Waals surface area contributed by atoms with E-state index in [1.165, 1.54) is 0 Å². The van der Waals surface area contributed by atoms with Gasteiger partial charge in [-0.25, -0.2) is 0 Å². The molecule has 2 nitrogen and oxygen atoms in total. The molecular formula is C11H16BrNO. The van der Waals surface area contributed by atoms with Crippen molar-refractivity contribution in [1.82, 2.24) is 0 Å². The van der Waals surface area contributed by atoms with Crippen LogP contribution in [0.4, 0.5) is 5.69 Å². The van der Waals surface area contributed by atoms with Gasteiger partial charge >= 0.3 is 0 Å². The minimum atomic E-state index is 0.404. The van der Waals surface area contributed by atoms with Gasteiger partial charge in [0.25, 0.3) is 0 Å². The Kier molecular flexibility index (Phi) is 4.26. The fourth-order valence-electron chi connectivity index (χ4n) is 0.976. The summed E-state index contributed by atoms with van der Waals surface area (Å²) in [6.07, 6.45) is 2.72. The predicted octanol–water partition coefficient (Wildman–Crippen LogP) is 3.60. The smallest absolute Gasteiger partial charge is 0.143 e. The highest BCUT2D eigenvalue weighted by molar-refractivity contribution is 9.10. The molecule has 1 aromatic carbocycles. The highest BCUT2D eigenvalue weighted by atomic mass is 79.9. The van der Waals surface area contributed by atoms with Gasteiger partial charge in [-0.3, -0.25) is 0 Å². The Labute approximate surface area is 93.6 Å². The molecule has 0 atom stereocenters. The van der Waals surface area contributed by atoms with Gasteiger partial charge in [0.15, 0.2) is 0 Å². The molecule has 0 heterocycles. The van der Waals surface area contributed by atoms with Crippen molar-refractivity contribution < 1.29 is 4.74 Å². The second-order valence-corrected chi connectivity index (χ2v) is 3.92. The Morgan fingerprint density at radius 1 is 1.36 bits per heavy atom. The zero-order valence-electron chi connectivity index (χ0n) is 8.59. The predicted molar refractivity (Wildman–Crippen MR) is 63.6 cm³/mol. The standard InChI is InChI=1S/C9H10BrNO.C2H6/c10-6-1-4-8(11)9(5-6)12-7-2-3-7;1-2/h1,4-5,7H,2-3,11H2;1-2H3. The van der Waals surface area contributed by atoms with Gasteiger partial charge in [-0.15, -0.1) is 0 Å². The van der Waals surface area contributed by atoms with E-state index in [-0.39, 0.29) is 0 Å². The molecule has 2 N–H and O–H groups in total. The molecule has 1 aliphatic carbocycles. The Morgan fingerprint density at radius 2 is 2.00 bits per heavy atom. The number of nitrogens with two attached hydrogens (primary N) is 1. The van der Waals surface area contributed by atoms with Crippen molar-refractivity contribution in [2.75, 3.05) is 5.73 Å². The van der Waals surface area contributed by atoms with Gasteiger partial charge < -0.3 is 10.5 Å². The maximum atomic E-state index is 5.72. The van der Waals surface area contributed by atoms with Crippen molar-refractivity contribution in [3.05, 3.63) is 22.7 Å². The topological polar surface area (TPSA) is 35.2 Å². The maximum absolute atomic E-state index is 5.72. The molecule has 0 unspecified atom stereocenters. The summed E-state index contributed by atoms with van der Waals surface area (Å²) < 4.78 is 6.59. The van der Waals surface area contributed by atoms with Crippen molar-refractivity contribution in [1.29, 1.82) is 0 Å². The first kappa shape index (κ1) is 11.4. The van der Waals surface area contributed by atoms with Crippen LogP contribution in [0.2, 0.25) is 0 Å². The lowest BCUT2D eigenvalue weighted by molar-refractivity contribution is 0.305. The monoisotopic (exact) mass is 257 g/mol. The average molecular weight is 258 g/mol. The second kappa shape index (κ2) is 5.25. The Morgan fingerprint density at radius 3 is 2.57 bits per heavy atom. The minimum Gasteiger partial charge on any atom is -0.488 e. The van der Waals surface area contributed by atoms with E-state index in [2.05, 4.69) is 15.9 Å². The van der Waals surface area contributed by atoms with Crippen LogP contribution in [-0.2, 0) is 0 Å². The van der Waals surface area contributed by atoms with Crippen LogP contribution in [0.15, 0.2) is 22.7 Å². The highest BCUT2D eigenvalue weighted by Crippen LogP contribution is 2.32. The van der Waals surface area contributed by atoms with E-state index in [0.717, 1.165) is 23.1 Å². The Hall–Kier alpha value is -0.700. The summed E-state index contributed by atoms with van der Waals surface area (Å²) in [7, 11) is 0. The molecule has 0 spiro atoms. The van der Waals surface area contributed by atoms with E-state index >= 15 is 0 Å². The van der Waals surface area contributed by atoms with E-state index in [1.807, 2.05) is 32.0 Å². The van der Waals surface area contributed by atoms with Gasteiger partial charge in [-0.05, 0) is 31.0 Å². The first-order valence-corrected chi connectivity index (χ1v) is 5.77. The summed E-state index contributed by atoms with van der Waals surface area (Å²) in [5.41, 5.74) is 6.43. The Balaban J connectivity index is 0.000000461. The summed E-state index contributed by atoms with van der Waals surface area (Å²) in [5, 5.41) is 0. The summed E-state index contributed by atoms with van der Waals surface area (Å²) in [4.78, 5) is 0. The normalized spacial score (nSPS) is 14.2. The lowest BCUT2D eigenvalue weighted by Crippen LogP contribution is -1.99. The molecule has 14 heavy (non-hydrogen) atoms. The van der Waals surface area contributed by atoms with E-state index in [9.17, 15) is 0 Å². The van der Waals surface area contributed by atoms with E-state index < -0.39 is 0 Å². The first-order chi connectivity index (χ1) is 6.75. The van der Waals surface area contributed by atoms with Gasteiger partial charge in [0.1, 0.15) is 5.75 Å². The van der Waals surface area contributed by atoms with Crippen LogP contribution < -0.4 is 10.5 Å². The molecule has 0 bridgehead atoms. The lowest BCUT2D eigenvalue weighted by atomic mass is 10.3. The molecule has 78 valence electrons. The quantitative estimate of drug-likeness (QED) is 0.822. The van der Waals surface area contributed by atoms with Crippen LogP contribution >= 0.6 is 15.9 Å². The fraction of sp³-hybridized carbons (Fsp3) is 0.455. The number of hydrogen-bond acceptors (Lipinski definition) is 2. The molecule has 0 aliphatic heterocycles. The van der Waals surface area contributed by atoms with Crippen LogP contribution in [0, 0.1) is 0 Å². The zero-order chi connectivity index (χ0) is 10.6. The third-order valence-electron chi connectivity index (χ3n) is 1.79. The number of benzene rings is 1. The van der Waals surface area contributed by atoms with E-state index in [1.54, 1.807) is 0 Å². The minimum absolute atomic E-state index is 0.404. The number of rotatable bonds is 2. The number of hydrogen-bond donors (Lipinski definition) is 1. The van der Waals surface area contributed by atoms with Crippen LogP contribution in [0.5, 0.6) is 5.75 Å².